The third kappa shape index (κ3) is 5.91. The van der Waals surface area contributed by atoms with Gasteiger partial charge in [-0.15, -0.1) is 0 Å². The number of rotatable bonds is 6. The van der Waals surface area contributed by atoms with Crippen LogP contribution in [0.1, 0.15) is 19.4 Å². The predicted octanol–water partition coefficient (Wildman–Crippen LogP) is 1.45. The summed E-state index contributed by atoms with van der Waals surface area (Å²) in [5.41, 5.74) is 0.411. The number of benzene rings is 1. The standard InChI is InChI=1S/C13H18N2O2/c1-13(2,16)10-15-9-11-3-5-12(6-4-11)17-8-7-14/h3-6,15-16H,8-10H2,1-2H3. The molecular formula is C13H18N2O2. The van der Waals surface area contributed by atoms with Crippen LogP contribution in [-0.2, 0) is 6.54 Å². The monoisotopic (exact) mass is 234 g/mol. The van der Waals surface area contributed by atoms with Crippen LogP contribution in [0, 0.1) is 11.3 Å². The van der Waals surface area contributed by atoms with Crippen LogP contribution in [-0.4, -0.2) is 23.9 Å². The molecule has 1 aromatic rings. The van der Waals surface area contributed by atoms with E-state index in [4.69, 9.17) is 10.00 Å². The van der Waals surface area contributed by atoms with Gasteiger partial charge in [0.25, 0.3) is 0 Å². The fourth-order valence-corrected chi connectivity index (χ4v) is 1.33. The lowest BCUT2D eigenvalue weighted by atomic mass is 10.1. The zero-order chi connectivity index (χ0) is 12.7. The molecule has 0 bridgehead atoms. The average Bonchev–Trinajstić information content (AvgIpc) is 2.26. The lowest BCUT2D eigenvalue weighted by Gasteiger charge is -2.17. The van der Waals surface area contributed by atoms with Gasteiger partial charge in [0, 0.05) is 13.1 Å². The minimum absolute atomic E-state index is 0.0658. The highest BCUT2D eigenvalue weighted by Gasteiger charge is 2.10. The van der Waals surface area contributed by atoms with Gasteiger partial charge in [-0.1, -0.05) is 12.1 Å². The van der Waals surface area contributed by atoms with Crippen molar-refractivity contribution in [3.05, 3.63) is 29.8 Å². The van der Waals surface area contributed by atoms with Crippen molar-refractivity contribution in [3.63, 3.8) is 0 Å². The highest BCUT2D eigenvalue weighted by molar-refractivity contribution is 5.27. The Labute approximate surface area is 102 Å². The topological polar surface area (TPSA) is 65.3 Å². The van der Waals surface area contributed by atoms with Crippen molar-refractivity contribution >= 4 is 0 Å². The summed E-state index contributed by atoms with van der Waals surface area (Å²) in [6.45, 7) is 4.83. The zero-order valence-corrected chi connectivity index (χ0v) is 10.2. The molecule has 0 aliphatic rings. The van der Waals surface area contributed by atoms with Gasteiger partial charge in [0.1, 0.15) is 11.8 Å². The molecule has 4 nitrogen and oxygen atoms in total. The Kier molecular flexibility index (Phi) is 4.95. The molecule has 0 saturated carbocycles. The fraction of sp³-hybridized carbons (Fsp3) is 0.462. The van der Waals surface area contributed by atoms with Crippen molar-refractivity contribution < 1.29 is 9.84 Å². The summed E-state index contributed by atoms with van der Waals surface area (Å²) in [5, 5.41) is 21.1. The van der Waals surface area contributed by atoms with Gasteiger partial charge in [-0.05, 0) is 31.5 Å². The van der Waals surface area contributed by atoms with Crippen LogP contribution in [0.3, 0.4) is 0 Å². The second-order valence-electron chi connectivity index (χ2n) is 4.51. The molecule has 17 heavy (non-hydrogen) atoms. The average molecular weight is 234 g/mol. The molecule has 92 valence electrons. The summed E-state index contributed by atoms with van der Waals surface area (Å²) < 4.78 is 5.15. The van der Waals surface area contributed by atoms with Crippen LogP contribution >= 0.6 is 0 Å². The Balaban J connectivity index is 2.38. The van der Waals surface area contributed by atoms with Crippen LogP contribution in [0.2, 0.25) is 0 Å². The highest BCUT2D eigenvalue weighted by atomic mass is 16.5. The Hall–Kier alpha value is -1.57. The lowest BCUT2D eigenvalue weighted by molar-refractivity contribution is 0.0795. The highest BCUT2D eigenvalue weighted by Crippen LogP contribution is 2.12. The van der Waals surface area contributed by atoms with Crippen molar-refractivity contribution in [1.82, 2.24) is 5.32 Å². The number of hydrogen-bond acceptors (Lipinski definition) is 4. The third-order valence-electron chi connectivity index (χ3n) is 2.11. The van der Waals surface area contributed by atoms with Crippen molar-refractivity contribution in [2.75, 3.05) is 13.2 Å². The van der Waals surface area contributed by atoms with Gasteiger partial charge in [-0.3, -0.25) is 0 Å². The zero-order valence-electron chi connectivity index (χ0n) is 10.2. The molecule has 0 radical (unpaired) electrons. The Morgan fingerprint density at radius 2 is 2.00 bits per heavy atom. The van der Waals surface area contributed by atoms with E-state index in [2.05, 4.69) is 5.32 Å². The summed E-state index contributed by atoms with van der Waals surface area (Å²) in [5.74, 6) is 0.692. The van der Waals surface area contributed by atoms with Crippen LogP contribution in [0.15, 0.2) is 24.3 Å². The van der Waals surface area contributed by atoms with E-state index in [1.54, 1.807) is 13.8 Å². The number of nitrogens with zero attached hydrogens (tertiary/aromatic N) is 1. The minimum Gasteiger partial charge on any atom is -0.479 e. The number of nitrogens with one attached hydrogen (secondary N) is 1. The maximum Gasteiger partial charge on any atom is 0.174 e. The maximum atomic E-state index is 9.52. The largest absolute Gasteiger partial charge is 0.479 e. The van der Waals surface area contributed by atoms with Gasteiger partial charge in [-0.2, -0.15) is 5.26 Å². The second kappa shape index (κ2) is 6.24. The fourth-order valence-electron chi connectivity index (χ4n) is 1.33. The van der Waals surface area contributed by atoms with Crippen molar-refractivity contribution in [2.45, 2.75) is 26.0 Å². The molecule has 1 rings (SSSR count). The van der Waals surface area contributed by atoms with E-state index in [1.165, 1.54) is 0 Å². The van der Waals surface area contributed by atoms with E-state index >= 15 is 0 Å². The molecule has 0 spiro atoms. The summed E-state index contributed by atoms with van der Waals surface area (Å²) in [6, 6.07) is 9.45. The molecule has 0 heterocycles. The third-order valence-corrected chi connectivity index (χ3v) is 2.11. The van der Waals surface area contributed by atoms with Crippen molar-refractivity contribution in [2.24, 2.45) is 0 Å². The normalized spacial score (nSPS) is 10.9. The van der Waals surface area contributed by atoms with Gasteiger partial charge < -0.3 is 15.2 Å². The van der Waals surface area contributed by atoms with Gasteiger partial charge in [0.2, 0.25) is 0 Å². The van der Waals surface area contributed by atoms with E-state index in [9.17, 15) is 5.11 Å². The number of nitriles is 1. The van der Waals surface area contributed by atoms with E-state index in [0.29, 0.717) is 18.8 Å². The number of ether oxygens (including phenoxy) is 1. The smallest absolute Gasteiger partial charge is 0.174 e. The first-order chi connectivity index (χ1) is 8.01. The molecule has 0 saturated heterocycles. The van der Waals surface area contributed by atoms with Crippen LogP contribution in [0.25, 0.3) is 0 Å². The Morgan fingerprint density at radius 3 is 2.53 bits per heavy atom. The van der Waals surface area contributed by atoms with Crippen LogP contribution < -0.4 is 10.1 Å². The van der Waals surface area contributed by atoms with Gasteiger partial charge in [-0.25, -0.2) is 0 Å². The van der Waals surface area contributed by atoms with Crippen molar-refractivity contribution in [1.29, 1.82) is 5.26 Å². The molecule has 0 unspecified atom stereocenters. The van der Waals surface area contributed by atoms with E-state index in [1.807, 2.05) is 30.3 Å². The molecule has 0 aliphatic carbocycles. The number of hydrogen-bond donors (Lipinski definition) is 2. The molecule has 0 fully saturated rings. The van der Waals surface area contributed by atoms with E-state index in [0.717, 1.165) is 5.56 Å². The van der Waals surface area contributed by atoms with Gasteiger partial charge >= 0.3 is 0 Å². The summed E-state index contributed by atoms with van der Waals surface area (Å²) >= 11 is 0. The first-order valence-corrected chi connectivity index (χ1v) is 5.53. The van der Waals surface area contributed by atoms with Gasteiger partial charge in [0.05, 0.1) is 5.60 Å². The summed E-state index contributed by atoms with van der Waals surface area (Å²) in [7, 11) is 0. The quantitative estimate of drug-likeness (QED) is 0.782. The molecule has 0 aromatic heterocycles. The molecule has 4 heteroatoms. The van der Waals surface area contributed by atoms with Crippen molar-refractivity contribution in [3.8, 4) is 11.8 Å². The van der Waals surface area contributed by atoms with Crippen LogP contribution in [0.5, 0.6) is 5.75 Å². The Morgan fingerprint density at radius 1 is 1.35 bits per heavy atom. The lowest BCUT2D eigenvalue weighted by Crippen LogP contribution is -2.34. The SMILES string of the molecule is CC(C)(O)CNCc1ccc(OCC#N)cc1. The second-order valence-corrected chi connectivity index (χ2v) is 4.51. The van der Waals surface area contributed by atoms with E-state index in [-0.39, 0.29) is 6.61 Å². The summed E-state index contributed by atoms with van der Waals surface area (Å²) in [6.07, 6.45) is 0. The molecule has 1 aromatic carbocycles. The molecule has 0 atom stereocenters. The minimum atomic E-state index is -0.699. The first kappa shape index (κ1) is 13.5. The van der Waals surface area contributed by atoms with Crippen LogP contribution in [0.4, 0.5) is 0 Å². The van der Waals surface area contributed by atoms with E-state index < -0.39 is 5.60 Å². The predicted molar refractivity (Wildman–Crippen MR) is 65.6 cm³/mol. The molecular weight excluding hydrogens is 216 g/mol. The molecule has 0 aliphatic heterocycles. The first-order valence-electron chi connectivity index (χ1n) is 5.53. The molecule has 2 N–H and O–H groups in total. The molecule has 0 amide bonds. The maximum absolute atomic E-state index is 9.52. The van der Waals surface area contributed by atoms with Gasteiger partial charge in [0.15, 0.2) is 6.61 Å². The Bertz CT molecular complexity index is 374. The summed E-state index contributed by atoms with van der Waals surface area (Å²) in [4.78, 5) is 0. The number of aliphatic hydroxyl groups is 1.